The van der Waals surface area contributed by atoms with E-state index in [1.54, 1.807) is 20.8 Å². The summed E-state index contributed by atoms with van der Waals surface area (Å²) in [6, 6.07) is 0. The highest BCUT2D eigenvalue weighted by Gasteiger charge is 2.56. The summed E-state index contributed by atoms with van der Waals surface area (Å²) in [4.78, 5) is 0. The highest BCUT2D eigenvalue weighted by Crippen LogP contribution is 2.53. The number of hydrogen-bond donors (Lipinski definition) is 4. The predicted molar refractivity (Wildman–Crippen MR) is 72.5 cm³/mol. The first kappa shape index (κ1) is 15.2. The zero-order valence-electron chi connectivity index (χ0n) is 12.4. The zero-order valence-corrected chi connectivity index (χ0v) is 12.4. The number of hydrogen-bond acceptors (Lipinski definition) is 4. The molecule has 0 aliphatic heterocycles. The van der Waals surface area contributed by atoms with Gasteiger partial charge in [-0.15, -0.1) is 0 Å². The van der Waals surface area contributed by atoms with Crippen molar-refractivity contribution in [2.24, 2.45) is 17.8 Å². The van der Waals surface area contributed by atoms with Crippen molar-refractivity contribution in [3.05, 3.63) is 0 Å². The van der Waals surface area contributed by atoms with E-state index in [1.807, 2.05) is 6.92 Å². The fraction of sp³-hybridized carbons (Fsp3) is 1.00. The van der Waals surface area contributed by atoms with Crippen molar-refractivity contribution in [3.63, 3.8) is 0 Å². The molecule has 4 heteroatoms. The number of fused-ring (bicyclic) bond motifs is 1. The fourth-order valence-electron chi connectivity index (χ4n) is 4.34. The smallest absolute Gasteiger partial charge is 0.0676 e. The first-order chi connectivity index (χ1) is 8.45. The van der Waals surface area contributed by atoms with Crippen molar-refractivity contribution < 1.29 is 20.4 Å². The van der Waals surface area contributed by atoms with Crippen LogP contribution in [-0.2, 0) is 0 Å². The van der Waals surface area contributed by atoms with E-state index in [0.29, 0.717) is 12.8 Å². The molecule has 2 fully saturated rings. The van der Waals surface area contributed by atoms with Gasteiger partial charge in [0.1, 0.15) is 0 Å². The molecule has 2 aliphatic rings. The second kappa shape index (κ2) is 4.42. The molecule has 0 aromatic rings. The molecule has 0 heterocycles. The standard InChI is InChI=1S/C15H28O4/c1-13(2,17)11-7-10-9(5-6-14(10,3)18)15(4,19)8-12(11)16/h9-12,16-19H,5-8H2,1-4H3/t9-,10-,11-,12-,14+,15+/m0/s1. The van der Waals surface area contributed by atoms with Gasteiger partial charge in [0.2, 0.25) is 0 Å². The molecule has 0 saturated heterocycles. The molecule has 2 rings (SSSR count). The lowest BCUT2D eigenvalue weighted by Gasteiger charge is -2.37. The van der Waals surface area contributed by atoms with Gasteiger partial charge in [0.15, 0.2) is 0 Å². The number of aliphatic hydroxyl groups excluding tert-OH is 1. The summed E-state index contributed by atoms with van der Waals surface area (Å²) in [5.74, 6) is -0.404. The third-order valence-electron chi connectivity index (χ3n) is 5.55. The van der Waals surface area contributed by atoms with Crippen molar-refractivity contribution in [3.8, 4) is 0 Å². The van der Waals surface area contributed by atoms with Gasteiger partial charge in [0.05, 0.1) is 22.9 Å². The zero-order chi connectivity index (χ0) is 14.6. The Labute approximate surface area is 115 Å². The molecular weight excluding hydrogens is 244 g/mol. The van der Waals surface area contributed by atoms with E-state index in [9.17, 15) is 20.4 Å². The van der Waals surface area contributed by atoms with Crippen molar-refractivity contribution >= 4 is 0 Å². The van der Waals surface area contributed by atoms with Crippen molar-refractivity contribution in [2.45, 2.75) is 76.3 Å². The Bertz CT molecular complexity index is 343. The van der Waals surface area contributed by atoms with E-state index >= 15 is 0 Å². The predicted octanol–water partition coefficient (Wildman–Crippen LogP) is 1.06. The minimum atomic E-state index is -1.01. The third-order valence-corrected chi connectivity index (χ3v) is 5.55. The van der Waals surface area contributed by atoms with Crippen LogP contribution in [0.5, 0.6) is 0 Å². The summed E-state index contributed by atoms with van der Waals surface area (Å²) in [5.41, 5.74) is -2.81. The molecule has 0 aromatic heterocycles. The Kier molecular flexibility index (Phi) is 3.54. The minimum Gasteiger partial charge on any atom is -0.393 e. The molecule has 112 valence electrons. The summed E-state index contributed by atoms with van der Waals surface area (Å²) in [5, 5.41) is 41.8. The molecule has 6 atom stereocenters. The average molecular weight is 272 g/mol. The lowest BCUT2D eigenvalue weighted by Crippen LogP contribution is -2.42. The van der Waals surface area contributed by atoms with Crippen molar-refractivity contribution in [1.29, 1.82) is 0 Å². The Morgan fingerprint density at radius 2 is 1.63 bits per heavy atom. The second-order valence-electron chi connectivity index (χ2n) is 7.73. The maximum Gasteiger partial charge on any atom is 0.0676 e. The second-order valence-corrected chi connectivity index (χ2v) is 7.73. The van der Waals surface area contributed by atoms with Gasteiger partial charge >= 0.3 is 0 Å². The molecule has 4 nitrogen and oxygen atoms in total. The molecule has 0 bridgehead atoms. The molecule has 0 spiro atoms. The van der Waals surface area contributed by atoms with E-state index in [1.165, 1.54) is 0 Å². The van der Waals surface area contributed by atoms with Gasteiger partial charge in [-0.05, 0) is 58.8 Å². The number of rotatable bonds is 1. The van der Waals surface area contributed by atoms with Crippen LogP contribution >= 0.6 is 0 Å². The van der Waals surface area contributed by atoms with Crippen LogP contribution in [0.2, 0.25) is 0 Å². The first-order valence-electron chi connectivity index (χ1n) is 7.30. The largest absolute Gasteiger partial charge is 0.393 e. The minimum absolute atomic E-state index is 0.00972. The van der Waals surface area contributed by atoms with Crippen molar-refractivity contribution in [1.82, 2.24) is 0 Å². The Balaban J connectivity index is 2.36. The molecule has 0 unspecified atom stereocenters. The molecule has 19 heavy (non-hydrogen) atoms. The molecule has 0 amide bonds. The van der Waals surface area contributed by atoms with Gasteiger partial charge in [-0.25, -0.2) is 0 Å². The molecule has 0 radical (unpaired) electrons. The van der Waals surface area contributed by atoms with Crippen LogP contribution in [0.1, 0.15) is 53.4 Å². The van der Waals surface area contributed by atoms with E-state index in [4.69, 9.17) is 0 Å². The van der Waals surface area contributed by atoms with Gasteiger partial charge in [-0.1, -0.05) is 0 Å². The summed E-state index contributed by atoms with van der Waals surface area (Å²) < 4.78 is 0. The maximum absolute atomic E-state index is 10.7. The van der Waals surface area contributed by atoms with Gasteiger partial charge in [0, 0.05) is 12.3 Å². The monoisotopic (exact) mass is 272 g/mol. The Morgan fingerprint density at radius 3 is 2.16 bits per heavy atom. The summed E-state index contributed by atoms with van der Waals surface area (Å²) in [7, 11) is 0. The van der Waals surface area contributed by atoms with Gasteiger partial charge in [0.25, 0.3) is 0 Å². The summed E-state index contributed by atoms with van der Waals surface area (Å²) in [6.45, 7) is 6.95. The van der Waals surface area contributed by atoms with Crippen LogP contribution in [0.4, 0.5) is 0 Å². The third kappa shape index (κ3) is 2.68. The van der Waals surface area contributed by atoms with Crippen LogP contribution in [0, 0.1) is 17.8 Å². The molecular formula is C15H28O4. The molecule has 2 aliphatic carbocycles. The van der Waals surface area contributed by atoms with E-state index in [2.05, 4.69) is 0 Å². The van der Waals surface area contributed by atoms with Crippen LogP contribution < -0.4 is 0 Å². The molecule has 2 saturated carbocycles. The summed E-state index contributed by atoms with van der Waals surface area (Å²) in [6.07, 6.45) is 1.52. The van der Waals surface area contributed by atoms with Crippen LogP contribution in [0.3, 0.4) is 0 Å². The normalized spacial score (nSPS) is 51.8. The quantitative estimate of drug-likeness (QED) is 0.575. The lowest BCUT2D eigenvalue weighted by atomic mass is 9.74. The topological polar surface area (TPSA) is 80.9 Å². The van der Waals surface area contributed by atoms with Crippen LogP contribution in [0.15, 0.2) is 0 Å². The highest BCUT2D eigenvalue weighted by molar-refractivity contribution is 5.06. The van der Waals surface area contributed by atoms with E-state index in [-0.39, 0.29) is 24.2 Å². The van der Waals surface area contributed by atoms with E-state index in [0.717, 1.165) is 6.42 Å². The highest BCUT2D eigenvalue weighted by atomic mass is 16.3. The first-order valence-corrected chi connectivity index (χ1v) is 7.30. The van der Waals surface area contributed by atoms with Gasteiger partial charge in [-0.3, -0.25) is 0 Å². The molecule has 4 N–H and O–H groups in total. The SMILES string of the molecule is CC(C)(O)[C@H]1C[C@H]2[C@H](CC[C@@]2(C)O)[C@](C)(O)C[C@@H]1O. The van der Waals surface area contributed by atoms with E-state index < -0.39 is 22.9 Å². The average Bonchev–Trinajstić information content (AvgIpc) is 2.41. The van der Waals surface area contributed by atoms with Crippen molar-refractivity contribution in [2.75, 3.05) is 0 Å². The lowest BCUT2D eigenvalue weighted by molar-refractivity contribution is -0.0756. The Hall–Kier alpha value is -0.160. The fourth-order valence-corrected chi connectivity index (χ4v) is 4.34. The maximum atomic E-state index is 10.7. The Morgan fingerprint density at radius 1 is 1.05 bits per heavy atom. The van der Waals surface area contributed by atoms with Crippen LogP contribution in [-0.4, -0.2) is 43.3 Å². The molecule has 0 aromatic carbocycles. The van der Waals surface area contributed by atoms with Gasteiger partial charge in [-0.2, -0.15) is 0 Å². The van der Waals surface area contributed by atoms with Crippen LogP contribution in [0.25, 0.3) is 0 Å². The number of aliphatic hydroxyl groups is 4. The summed E-state index contributed by atoms with van der Waals surface area (Å²) >= 11 is 0. The van der Waals surface area contributed by atoms with Gasteiger partial charge < -0.3 is 20.4 Å².